The smallest absolute Gasteiger partial charge is 0.344 e. The molecule has 5 heteroatoms. The summed E-state index contributed by atoms with van der Waals surface area (Å²) in [5.41, 5.74) is 5.17. The van der Waals surface area contributed by atoms with Crippen LogP contribution in [0, 0.1) is 13.8 Å². The maximum atomic E-state index is 12.5. The van der Waals surface area contributed by atoms with Crippen molar-refractivity contribution in [3.05, 3.63) is 58.7 Å². The summed E-state index contributed by atoms with van der Waals surface area (Å²) in [6.07, 6.45) is 0.702. The zero-order chi connectivity index (χ0) is 20.7. The van der Waals surface area contributed by atoms with E-state index in [2.05, 4.69) is 5.32 Å². The molecular formula is C23H29NO4. The van der Waals surface area contributed by atoms with Crippen LogP contribution in [-0.2, 0) is 27.2 Å². The molecule has 150 valence electrons. The number of rotatable bonds is 8. The molecule has 1 unspecified atom stereocenters. The Morgan fingerprint density at radius 2 is 1.64 bits per heavy atom. The fraction of sp³-hybridized carbons (Fsp3) is 0.391. The third-order valence-corrected chi connectivity index (χ3v) is 4.76. The van der Waals surface area contributed by atoms with Crippen LogP contribution in [0.1, 0.15) is 43.0 Å². The second kappa shape index (κ2) is 9.93. The molecule has 28 heavy (non-hydrogen) atoms. The average Bonchev–Trinajstić information content (AvgIpc) is 2.68. The number of anilines is 1. The van der Waals surface area contributed by atoms with E-state index in [1.165, 1.54) is 0 Å². The largest absolute Gasteiger partial charge is 0.482 e. The van der Waals surface area contributed by atoms with Gasteiger partial charge in [-0.3, -0.25) is 4.79 Å². The minimum atomic E-state index is -0.912. The fourth-order valence-electron chi connectivity index (χ4n) is 2.86. The first-order chi connectivity index (χ1) is 13.3. The number of esters is 1. The monoisotopic (exact) mass is 383 g/mol. The van der Waals surface area contributed by atoms with Gasteiger partial charge >= 0.3 is 5.97 Å². The molecule has 0 aliphatic rings. The van der Waals surface area contributed by atoms with Crippen LogP contribution in [0.4, 0.5) is 5.69 Å². The second-order valence-electron chi connectivity index (χ2n) is 6.81. The Balaban J connectivity index is 1.93. The zero-order valence-corrected chi connectivity index (χ0v) is 17.3. The van der Waals surface area contributed by atoms with Crippen LogP contribution in [0.25, 0.3) is 0 Å². The van der Waals surface area contributed by atoms with Crippen molar-refractivity contribution in [2.45, 2.75) is 53.6 Å². The summed E-state index contributed by atoms with van der Waals surface area (Å²) in [6, 6.07) is 11.6. The normalized spacial score (nSPS) is 11.6. The van der Waals surface area contributed by atoms with Crippen LogP contribution in [0.5, 0.6) is 5.75 Å². The van der Waals surface area contributed by atoms with Crippen molar-refractivity contribution in [1.29, 1.82) is 0 Å². The highest BCUT2D eigenvalue weighted by Crippen LogP contribution is 2.23. The van der Waals surface area contributed by atoms with Crippen molar-refractivity contribution < 1.29 is 19.1 Å². The van der Waals surface area contributed by atoms with E-state index in [-0.39, 0.29) is 12.5 Å². The van der Waals surface area contributed by atoms with Gasteiger partial charge in [0.15, 0.2) is 12.7 Å². The highest BCUT2D eigenvalue weighted by molar-refractivity contribution is 5.96. The van der Waals surface area contributed by atoms with Gasteiger partial charge in [-0.2, -0.15) is 0 Å². The van der Waals surface area contributed by atoms with E-state index < -0.39 is 12.1 Å². The van der Waals surface area contributed by atoms with E-state index in [1.807, 2.05) is 58.0 Å². The van der Waals surface area contributed by atoms with Crippen LogP contribution in [0.15, 0.2) is 36.4 Å². The molecule has 1 atom stereocenters. The maximum Gasteiger partial charge on any atom is 0.344 e. The average molecular weight is 383 g/mol. The number of hydrogen-bond donors (Lipinski definition) is 1. The van der Waals surface area contributed by atoms with Gasteiger partial charge in [-0.25, -0.2) is 4.79 Å². The van der Waals surface area contributed by atoms with Gasteiger partial charge in [0.1, 0.15) is 5.75 Å². The number of ether oxygens (including phenoxy) is 2. The van der Waals surface area contributed by atoms with E-state index >= 15 is 0 Å². The molecule has 0 saturated heterocycles. The topological polar surface area (TPSA) is 64.6 Å². The number of nitrogens with one attached hydrogen (secondary N) is 1. The predicted octanol–water partition coefficient (Wildman–Crippen LogP) is 4.38. The van der Waals surface area contributed by atoms with Crippen LogP contribution < -0.4 is 10.1 Å². The highest BCUT2D eigenvalue weighted by Gasteiger charge is 2.20. The first-order valence-electron chi connectivity index (χ1n) is 9.66. The quantitative estimate of drug-likeness (QED) is 0.687. The lowest BCUT2D eigenvalue weighted by Crippen LogP contribution is -2.32. The number of amides is 1. The van der Waals surface area contributed by atoms with Crippen LogP contribution in [0.3, 0.4) is 0 Å². The van der Waals surface area contributed by atoms with E-state index in [1.54, 1.807) is 13.0 Å². The Labute approximate surface area is 167 Å². The van der Waals surface area contributed by atoms with Gasteiger partial charge in [0.05, 0.1) is 0 Å². The molecule has 0 aromatic heterocycles. The second-order valence-corrected chi connectivity index (χ2v) is 6.81. The Kier molecular flexibility index (Phi) is 7.61. The molecule has 0 saturated carbocycles. The summed E-state index contributed by atoms with van der Waals surface area (Å²) in [7, 11) is 0. The third-order valence-electron chi connectivity index (χ3n) is 4.76. The number of aryl methyl sites for hydroxylation is 4. The van der Waals surface area contributed by atoms with E-state index in [0.717, 1.165) is 40.8 Å². The van der Waals surface area contributed by atoms with E-state index in [9.17, 15) is 9.59 Å². The maximum absolute atomic E-state index is 12.5. The Bertz CT molecular complexity index is 822. The zero-order valence-electron chi connectivity index (χ0n) is 17.3. The van der Waals surface area contributed by atoms with Crippen molar-refractivity contribution >= 4 is 17.6 Å². The molecule has 1 amide bonds. The van der Waals surface area contributed by atoms with E-state index in [4.69, 9.17) is 9.47 Å². The highest BCUT2D eigenvalue weighted by atomic mass is 16.6. The molecule has 0 radical (unpaired) electrons. The summed E-state index contributed by atoms with van der Waals surface area (Å²) in [5, 5.41) is 2.92. The van der Waals surface area contributed by atoms with Crippen LogP contribution in [0.2, 0.25) is 0 Å². The Morgan fingerprint density at radius 1 is 1.00 bits per heavy atom. The molecule has 0 spiro atoms. The molecule has 5 nitrogen and oxygen atoms in total. The number of carbonyl (C=O) groups excluding carboxylic acids is 2. The lowest BCUT2D eigenvalue weighted by molar-refractivity contribution is -0.155. The number of hydrogen-bond acceptors (Lipinski definition) is 4. The molecule has 2 aromatic rings. The summed E-state index contributed by atoms with van der Waals surface area (Å²) >= 11 is 0. The molecule has 0 fully saturated rings. The Morgan fingerprint density at radius 3 is 2.21 bits per heavy atom. The number of para-hydroxylation sites is 1. The first-order valence-corrected chi connectivity index (χ1v) is 9.66. The van der Waals surface area contributed by atoms with Gasteiger partial charge in [-0.15, -0.1) is 0 Å². The van der Waals surface area contributed by atoms with Crippen molar-refractivity contribution in [2.24, 2.45) is 0 Å². The number of benzene rings is 2. The molecule has 0 heterocycles. The van der Waals surface area contributed by atoms with Crippen LogP contribution in [-0.4, -0.2) is 24.6 Å². The first kappa shape index (κ1) is 21.5. The summed E-state index contributed by atoms with van der Waals surface area (Å²) in [6.45, 7) is 9.38. The van der Waals surface area contributed by atoms with Crippen molar-refractivity contribution in [1.82, 2.24) is 0 Å². The molecule has 0 aliphatic heterocycles. The Hall–Kier alpha value is -2.82. The minimum Gasteiger partial charge on any atom is -0.482 e. The van der Waals surface area contributed by atoms with Gasteiger partial charge in [0.2, 0.25) is 0 Å². The standard InChI is InChI=1S/C23H29NO4/c1-6-18-9-8-10-19(7-2)22(18)24-23(26)17(5)28-21(25)14-27-20-12-11-15(3)16(4)13-20/h8-13,17H,6-7,14H2,1-5H3,(H,24,26). The summed E-state index contributed by atoms with van der Waals surface area (Å²) in [4.78, 5) is 24.6. The lowest BCUT2D eigenvalue weighted by atomic mass is 10.0. The summed E-state index contributed by atoms with van der Waals surface area (Å²) in [5.74, 6) is -0.336. The SMILES string of the molecule is CCc1cccc(CC)c1NC(=O)C(C)OC(=O)COc1ccc(C)c(C)c1. The molecule has 2 aromatic carbocycles. The van der Waals surface area contributed by atoms with Crippen molar-refractivity contribution in [3.8, 4) is 5.75 Å². The van der Waals surface area contributed by atoms with Gasteiger partial charge in [-0.1, -0.05) is 38.1 Å². The van der Waals surface area contributed by atoms with Gasteiger partial charge in [0.25, 0.3) is 5.91 Å². The lowest BCUT2D eigenvalue weighted by Gasteiger charge is -2.18. The third kappa shape index (κ3) is 5.59. The van der Waals surface area contributed by atoms with Crippen LogP contribution >= 0.6 is 0 Å². The van der Waals surface area contributed by atoms with Gasteiger partial charge in [-0.05, 0) is 68.0 Å². The molecule has 1 N–H and O–H groups in total. The molecule has 2 rings (SSSR count). The minimum absolute atomic E-state index is 0.244. The van der Waals surface area contributed by atoms with Gasteiger partial charge < -0.3 is 14.8 Å². The van der Waals surface area contributed by atoms with Crippen molar-refractivity contribution in [2.75, 3.05) is 11.9 Å². The fourth-order valence-corrected chi connectivity index (χ4v) is 2.86. The summed E-state index contributed by atoms with van der Waals surface area (Å²) < 4.78 is 10.7. The number of carbonyl (C=O) groups is 2. The molecule has 0 bridgehead atoms. The van der Waals surface area contributed by atoms with E-state index in [0.29, 0.717) is 5.75 Å². The van der Waals surface area contributed by atoms with Crippen molar-refractivity contribution in [3.63, 3.8) is 0 Å². The van der Waals surface area contributed by atoms with Gasteiger partial charge in [0, 0.05) is 5.69 Å². The predicted molar refractivity (Wildman–Crippen MR) is 111 cm³/mol. The molecule has 0 aliphatic carbocycles. The molecular weight excluding hydrogens is 354 g/mol.